The predicted octanol–water partition coefficient (Wildman–Crippen LogP) is 0.344. The summed E-state index contributed by atoms with van der Waals surface area (Å²) in [5.41, 5.74) is 5.80. The fourth-order valence-electron chi connectivity index (χ4n) is 1.66. The van der Waals surface area contributed by atoms with E-state index in [1.54, 1.807) is 25.9 Å². The Bertz CT molecular complexity index is 256. The van der Waals surface area contributed by atoms with E-state index in [4.69, 9.17) is 5.73 Å². The molecule has 5 heteroatoms. The van der Waals surface area contributed by atoms with Gasteiger partial charge in [0.1, 0.15) is 0 Å². The first-order chi connectivity index (χ1) is 7.93. The Balaban J connectivity index is 4.16. The molecular formula is C12H25N3O2. The second-order valence-corrected chi connectivity index (χ2v) is 4.48. The normalized spacial score (nSPS) is 13.9. The fourth-order valence-corrected chi connectivity index (χ4v) is 1.66. The van der Waals surface area contributed by atoms with E-state index in [0.29, 0.717) is 13.0 Å². The zero-order valence-corrected chi connectivity index (χ0v) is 11.3. The summed E-state index contributed by atoms with van der Waals surface area (Å²) in [6.07, 6.45) is 2.68. The zero-order valence-electron chi connectivity index (χ0n) is 11.3. The highest BCUT2D eigenvalue weighted by molar-refractivity contribution is 5.83. The second-order valence-electron chi connectivity index (χ2n) is 4.48. The van der Waals surface area contributed by atoms with Crippen LogP contribution in [-0.2, 0) is 9.59 Å². The molecule has 0 aromatic rings. The first-order valence-corrected chi connectivity index (χ1v) is 6.16. The van der Waals surface area contributed by atoms with Crippen molar-refractivity contribution < 1.29 is 9.59 Å². The summed E-state index contributed by atoms with van der Waals surface area (Å²) in [7, 11) is 3.28. The topological polar surface area (TPSA) is 75.4 Å². The van der Waals surface area contributed by atoms with E-state index in [1.165, 1.54) is 0 Å². The van der Waals surface area contributed by atoms with Gasteiger partial charge >= 0.3 is 0 Å². The van der Waals surface area contributed by atoms with Gasteiger partial charge in [-0.25, -0.2) is 0 Å². The van der Waals surface area contributed by atoms with Gasteiger partial charge in [0.25, 0.3) is 0 Å². The molecular weight excluding hydrogens is 218 g/mol. The van der Waals surface area contributed by atoms with Gasteiger partial charge in [0.05, 0.1) is 12.0 Å². The van der Waals surface area contributed by atoms with Gasteiger partial charge in [-0.3, -0.25) is 9.59 Å². The highest BCUT2D eigenvalue weighted by Crippen LogP contribution is 2.04. The minimum atomic E-state index is -0.447. The lowest BCUT2D eigenvalue weighted by molar-refractivity contribution is -0.133. The first-order valence-electron chi connectivity index (χ1n) is 6.16. The molecule has 0 saturated carbocycles. The molecule has 0 aromatic heterocycles. The van der Waals surface area contributed by atoms with Gasteiger partial charge in [-0.1, -0.05) is 26.7 Å². The molecule has 5 nitrogen and oxygen atoms in total. The quantitative estimate of drug-likeness (QED) is 0.677. The summed E-state index contributed by atoms with van der Waals surface area (Å²) in [5, 5.41) is 2.56. The van der Waals surface area contributed by atoms with Crippen LogP contribution in [0.4, 0.5) is 0 Å². The van der Waals surface area contributed by atoms with Crippen molar-refractivity contribution in [3.63, 3.8) is 0 Å². The van der Waals surface area contributed by atoms with E-state index in [9.17, 15) is 9.59 Å². The van der Waals surface area contributed by atoms with Gasteiger partial charge < -0.3 is 16.0 Å². The lowest BCUT2D eigenvalue weighted by Crippen LogP contribution is -2.45. The average Bonchev–Trinajstić information content (AvgIpc) is 2.33. The fraction of sp³-hybridized carbons (Fsp3) is 0.833. The van der Waals surface area contributed by atoms with E-state index in [1.807, 2.05) is 0 Å². The van der Waals surface area contributed by atoms with Gasteiger partial charge in [0, 0.05) is 20.6 Å². The lowest BCUT2D eigenvalue weighted by atomic mass is 10.1. The summed E-state index contributed by atoms with van der Waals surface area (Å²) in [4.78, 5) is 24.7. The van der Waals surface area contributed by atoms with Gasteiger partial charge in [-0.2, -0.15) is 0 Å². The molecule has 17 heavy (non-hydrogen) atoms. The molecule has 0 bridgehead atoms. The maximum atomic E-state index is 11.9. The smallest absolute Gasteiger partial charge is 0.239 e. The van der Waals surface area contributed by atoms with E-state index < -0.39 is 6.04 Å². The number of unbranched alkanes of at least 4 members (excludes halogenated alkanes) is 1. The van der Waals surface area contributed by atoms with E-state index >= 15 is 0 Å². The van der Waals surface area contributed by atoms with Gasteiger partial charge in [-0.15, -0.1) is 0 Å². The Kier molecular flexibility index (Phi) is 7.54. The zero-order chi connectivity index (χ0) is 13.4. The molecule has 3 N–H and O–H groups in total. The van der Waals surface area contributed by atoms with E-state index in [-0.39, 0.29) is 17.7 Å². The second kappa shape index (κ2) is 8.06. The molecule has 100 valence electrons. The molecule has 0 aliphatic carbocycles. The van der Waals surface area contributed by atoms with Crippen molar-refractivity contribution in [2.24, 2.45) is 11.7 Å². The number of nitrogens with one attached hydrogen (secondary N) is 1. The lowest BCUT2D eigenvalue weighted by Gasteiger charge is -2.23. The van der Waals surface area contributed by atoms with Crippen LogP contribution in [-0.4, -0.2) is 43.4 Å². The summed E-state index contributed by atoms with van der Waals surface area (Å²) < 4.78 is 0. The number of hydrogen-bond donors (Lipinski definition) is 2. The van der Waals surface area contributed by atoms with Gasteiger partial charge in [0.2, 0.25) is 11.8 Å². The third-order valence-electron chi connectivity index (χ3n) is 2.80. The molecule has 2 atom stereocenters. The van der Waals surface area contributed by atoms with Gasteiger partial charge in [0.15, 0.2) is 0 Å². The summed E-state index contributed by atoms with van der Waals surface area (Å²) >= 11 is 0. The Morgan fingerprint density at radius 2 is 2.00 bits per heavy atom. The van der Waals surface area contributed by atoms with Crippen molar-refractivity contribution in [3.05, 3.63) is 0 Å². The third kappa shape index (κ3) is 5.68. The number of rotatable bonds is 7. The van der Waals surface area contributed by atoms with Crippen molar-refractivity contribution in [1.29, 1.82) is 0 Å². The summed E-state index contributed by atoms with van der Waals surface area (Å²) in [6, 6.07) is -0.447. The highest BCUT2D eigenvalue weighted by atomic mass is 16.2. The molecule has 0 aliphatic heterocycles. The largest absolute Gasteiger partial charge is 0.359 e. The SMILES string of the molecule is CCCC[C@H](N)C(=O)N(C)CC(C)C(=O)NC. The standard InChI is InChI=1S/C12H25N3O2/c1-5-6-7-10(13)12(17)15(4)8-9(2)11(16)14-3/h9-10H,5-8,13H2,1-4H3,(H,14,16)/t9?,10-/m0/s1. The number of carbonyl (C=O) groups excluding carboxylic acids is 2. The van der Waals surface area contributed by atoms with Crippen molar-refractivity contribution in [1.82, 2.24) is 10.2 Å². The van der Waals surface area contributed by atoms with Crippen LogP contribution in [0, 0.1) is 5.92 Å². The molecule has 0 aliphatic rings. The van der Waals surface area contributed by atoms with Crippen molar-refractivity contribution in [2.45, 2.75) is 39.2 Å². The Morgan fingerprint density at radius 3 is 2.47 bits per heavy atom. The molecule has 2 amide bonds. The molecule has 0 aromatic carbocycles. The van der Waals surface area contributed by atoms with Gasteiger partial charge in [-0.05, 0) is 6.42 Å². The van der Waals surface area contributed by atoms with Crippen LogP contribution in [0.3, 0.4) is 0 Å². The minimum absolute atomic E-state index is 0.0632. The Labute approximate surface area is 104 Å². The number of amides is 2. The monoisotopic (exact) mass is 243 g/mol. The van der Waals surface area contributed by atoms with Crippen LogP contribution < -0.4 is 11.1 Å². The molecule has 0 spiro atoms. The number of nitrogens with zero attached hydrogens (tertiary/aromatic N) is 1. The van der Waals surface area contributed by atoms with Crippen LogP contribution in [0.1, 0.15) is 33.1 Å². The molecule has 0 saturated heterocycles. The maximum Gasteiger partial charge on any atom is 0.239 e. The number of hydrogen-bond acceptors (Lipinski definition) is 3. The number of carbonyl (C=O) groups is 2. The summed E-state index contributed by atoms with van der Waals surface area (Å²) in [6.45, 7) is 4.26. The van der Waals surface area contributed by atoms with Crippen LogP contribution in [0.15, 0.2) is 0 Å². The first kappa shape index (κ1) is 15.9. The van der Waals surface area contributed by atoms with Crippen molar-refractivity contribution >= 4 is 11.8 Å². The van der Waals surface area contributed by atoms with Crippen LogP contribution in [0.5, 0.6) is 0 Å². The van der Waals surface area contributed by atoms with E-state index in [2.05, 4.69) is 12.2 Å². The minimum Gasteiger partial charge on any atom is -0.359 e. The molecule has 0 rings (SSSR count). The molecule has 0 heterocycles. The molecule has 0 radical (unpaired) electrons. The average molecular weight is 243 g/mol. The van der Waals surface area contributed by atoms with E-state index in [0.717, 1.165) is 12.8 Å². The Hall–Kier alpha value is -1.10. The van der Waals surface area contributed by atoms with Crippen molar-refractivity contribution in [3.8, 4) is 0 Å². The third-order valence-corrected chi connectivity index (χ3v) is 2.80. The number of likely N-dealkylation sites (N-methyl/N-ethyl adjacent to an activating group) is 1. The molecule has 1 unspecified atom stereocenters. The number of nitrogens with two attached hydrogens (primary N) is 1. The van der Waals surface area contributed by atoms with Crippen LogP contribution >= 0.6 is 0 Å². The predicted molar refractivity (Wildman–Crippen MR) is 68.4 cm³/mol. The Morgan fingerprint density at radius 1 is 1.41 bits per heavy atom. The van der Waals surface area contributed by atoms with Crippen LogP contribution in [0.25, 0.3) is 0 Å². The highest BCUT2D eigenvalue weighted by Gasteiger charge is 2.21. The molecule has 0 fully saturated rings. The van der Waals surface area contributed by atoms with Crippen molar-refractivity contribution in [2.75, 3.05) is 20.6 Å². The maximum absolute atomic E-state index is 11.9. The van der Waals surface area contributed by atoms with Crippen LogP contribution in [0.2, 0.25) is 0 Å². The summed E-state index contributed by atoms with van der Waals surface area (Å²) in [5.74, 6) is -0.367.